The predicted molar refractivity (Wildman–Crippen MR) is 133 cm³/mol. The summed E-state index contributed by atoms with van der Waals surface area (Å²) < 4.78 is 0. The topological polar surface area (TPSA) is 55.7 Å². The smallest absolute Gasteiger partial charge is 0.317 e. The molecule has 0 heterocycles. The average molecular weight is 442 g/mol. The molecule has 33 heavy (non-hydrogen) atoms. The highest BCUT2D eigenvalue weighted by Gasteiger charge is 2.26. The molecule has 4 heteroatoms. The van der Waals surface area contributed by atoms with Crippen molar-refractivity contribution >= 4 is 17.5 Å². The van der Waals surface area contributed by atoms with Crippen molar-refractivity contribution < 1.29 is 14.4 Å². The Bertz CT molecular complexity index is 1170. The quantitative estimate of drug-likeness (QED) is 0.181. The average Bonchev–Trinajstić information content (AvgIpc) is 2.83. The van der Waals surface area contributed by atoms with Crippen molar-refractivity contribution in [3.05, 3.63) is 105 Å². The summed E-state index contributed by atoms with van der Waals surface area (Å²) in [6.07, 6.45) is 0.571. The fourth-order valence-corrected chi connectivity index (χ4v) is 4.16. The first kappa shape index (κ1) is 24.1. The van der Waals surface area contributed by atoms with E-state index in [0.717, 1.165) is 27.8 Å². The molecule has 0 aromatic heterocycles. The highest BCUT2D eigenvalue weighted by atomic mass is 16.7. The van der Waals surface area contributed by atoms with Crippen LogP contribution in [0.1, 0.15) is 68.6 Å². The Hall–Kier alpha value is -3.53. The molecule has 3 rings (SSSR count). The second kappa shape index (κ2) is 10.4. The van der Waals surface area contributed by atoms with Gasteiger partial charge >= 0.3 is 5.97 Å². The molecule has 3 aromatic rings. The summed E-state index contributed by atoms with van der Waals surface area (Å²) in [5.41, 5.74) is 7.41. The minimum atomic E-state index is -0.477. The molecule has 0 radical (unpaired) electrons. The van der Waals surface area contributed by atoms with E-state index in [1.807, 2.05) is 83.1 Å². The van der Waals surface area contributed by atoms with Gasteiger partial charge in [0.05, 0.1) is 5.92 Å². The number of Topliss-reactive ketones (excluding diaryl/α,β-unsaturated/α-hetero) is 1. The Morgan fingerprint density at radius 3 is 1.76 bits per heavy atom. The van der Waals surface area contributed by atoms with Crippen molar-refractivity contribution in [1.82, 2.24) is 0 Å². The summed E-state index contributed by atoms with van der Waals surface area (Å²) in [5.74, 6) is -1.17. The van der Waals surface area contributed by atoms with Crippen LogP contribution in [0.4, 0.5) is 0 Å². The van der Waals surface area contributed by atoms with E-state index in [9.17, 15) is 9.59 Å². The minimum Gasteiger partial charge on any atom is -0.317 e. The van der Waals surface area contributed by atoms with Crippen LogP contribution in [-0.4, -0.2) is 17.5 Å². The van der Waals surface area contributed by atoms with Gasteiger partial charge in [0.1, 0.15) is 0 Å². The lowest BCUT2D eigenvalue weighted by atomic mass is 9.86. The predicted octanol–water partition coefficient (Wildman–Crippen LogP) is 6.55. The van der Waals surface area contributed by atoms with Crippen LogP contribution in [0.2, 0.25) is 0 Å². The van der Waals surface area contributed by atoms with Gasteiger partial charge in [-0.15, -0.1) is 0 Å². The third-order valence-corrected chi connectivity index (χ3v) is 6.61. The maximum absolute atomic E-state index is 13.8. The number of benzene rings is 3. The van der Waals surface area contributed by atoms with E-state index in [1.165, 1.54) is 5.56 Å². The van der Waals surface area contributed by atoms with E-state index < -0.39 is 11.9 Å². The van der Waals surface area contributed by atoms with Gasteiger partial charge in [0.25, 0.3) is 0 Å². The fraction of sp³-hybridized carbons (Fsp3) is 0.276. The number of oxime groups is 1. The number of carbonyl (C=O) groups is 2. The molecule has 1 unspecified atom stereocenters. The first-order chi connectivity index (χ1) is 15.8. The van der Waals surface area contributed by atoms with Crippen molar-refractivity contribution in [2.45, 2.75) is 53.9 Å². The number of nitrogens with zero attached hydrogens (tertiary/aromatic N) is 1. The number of rotatable bonds is 7. The first-order valence-corrected chi connectivity index (χ1v) is 11.3. The summed E-state index contributed by atoms with van der Waals surface area (Å²) in [6, 6.07) is 18.6. The molecule has 0 aliphatic carbocycles. The van der Waals surface area contributed by atoms with Crippen LogP contribution in [-0.2, 0) is 9.63 Å². The number of hydrogen-bond acceptors (Lipinski definition) is 4. The molecule has 4 nitrogen and oxygen atoms in total. The molecule has 0 spiro atoms. The summed E-state index contributed by atoms with van der Waals surface area (Å²) in [4.78, 5) is 32.1. The van der Waals surface area contributed by atoms with Crippen molar-refractivity contribution in [1.29, 1.82) is 0 Å². The van der Waals surface area contributed by atoms with Gasteiger partial charge in [-0.25, -0.2) is 4.79 Å². The second-order valence-electron chi connectivity index (χ2n) is 8.42. The monoisotopic (exact) mass is 441 g/mol. The Morgan fingerprint density at radius 2 is 1.24 bits per heavy atom. The summed E-state index contributed by atoms with van der Waals surface area (Å²) in [7, 11) is 0. The van der Waals surface area contributed by atoms with Crippen LogP contribution in [0.15, 0.2) is 65.8 Å². The van der Waals surface area contributed by atoms with Gasteiger partial charge in [0.15, 0.2) is 5.71 Å². The van der Waals surface area contributed by atoms with Crippen molar-refractivity contribution in [2.24, 2.45) is 5.16 Å². The SMILES string of the molecule is CCC(C(=O)O/N=C(/C(=O)c1c(C)c(C)c(C)c(C)c1C)c1ccccc1)c1ccccc1. The summed E-state index contributed by atoms with van der Waals surface area (Å²) in [6.45, 7) is 12.0. The van der Waals surface area contributed by atoms with E-state index >= 15 is 0 Å². The lowest BCUT2D eigenvalue weighted by Crippen LogP contribution is -2.22. The van der Waals surface area contributed by atoms with Gasteiger partial charge in [-0.2, -0.15) is 0 Å². The number of carbonyl (C=O) groups excluding carboxylic acids is 2. The third kappa shape index (κ3) is 4.95. The van der Waals surface area contributed by atoms with Gasteiger partial charge in [0, 0.05) is 11.1 Å². The fourth-order valence-electron chi connectivity index (χ4n) is 4.16. The van der Waals surface area contributed by atoms with Gasteiger partial charge in [-0.1, -0.05) is 72.7 Å². The largest absolute Gasteiger partial charge is 0.342 e. The lowest BCUT2D eigenvalue weighted by Gasteiger charge is -2.18. The van der Waals surface area contributed by atoms with E-state index in [0.29, 0.717) is 17.5 Å². The van der Waals surface area contributed by atoms with Crippen LogP contribution < -0.4 is 0 Å². The Kier molecular flexibility index (Phi) is 7.59. The molecule has 3 aromatic carbocycles. The molecular weight excluding hydrogens is 410 g/mol. The molecule has 0 saturated heterocycles. The number of ketones is 1. The maximum atomic E-state index is 13.8. The van der Waals surface area contributed by atoms with Crippen LogP contribution in [0.5, 0.6) is 0 Å². The highest BCUT2D eigenvalue weighted by molar-refractivity contribution is 6.52. The minimum absolute atomic E-state index is 0.126. The van der Waals surface area contributed by atoms with Crippen LogP contribution in [0.3, 0.4) is 0 Å². The molecule has 0 aliphatic heterocycles. The molecular formula is C29H31NO3. The van der Waals surface area contributed by atoms with Crippen molar-refractivity contribution in [2.75, 3.05) is 0 Å². The lowest BCUT2D eigenvalue weighted by molar-refractivity contribution is -0.145. The summed E-state index contributed by atoms with van der Waals surface area (Å²) >= 11 is 0. The van der Waals surface area contributed by atoms with Gasteiger partial charge in [-0.3, -0.25) is 4.79 Å². The van der Waals surface area contributed by atoms with Crippen molar-refractivity contribution in [3.8, 4) is 0 Å². The molecule has 0 bridgehead atoms. The molecule has 1 atom stereocenters. The number of hydrogen-bond donors (Lipinski definition) is 0. The summed E-state index contributed by atoms with van der Waals surface area (Å²) in [5, 5.41) is 4.15. The van der Waals surface area contributed by atoms with E-state index in [1.54, 1.807) is 12.1 Å². The second-order valence-corrected chi connectivity index (χ2v) is 8.42. The van der Waals surface area contributed by atoms with Crippen molar-refractivity contribution in [3.63, 3.8) is 0 Å². The Labute approximate surface area is 196 Å². The normalized spacial score (nSPS) is 12.4. The molecule has 170 valence electrons. The molecule has 0 fully saturated rings. The Balaban J connectivity index is 2.05. The van der Waals surface area contributed by atoms with Gasteiger partial charge in [0.2, 0.25) is 5.78 Å². The van der Waals surface area contributed by atoms with Gasteiger partial charge < -0.3 is 4.84 Å². The van der Waals surface area contributed by atoms with E-state index in [4.69, 9.17) is 4.84 Å². The zero-order valence-corrected chi connectivity index (χ0v) is 20.2. The van der Waals surface area contributed by atoms with Gasteiger partial charge in [-0.05, 0) is 74.4 Å². The van der Waals surface area contributed by atoms with Crippen LogP contribution >= 0.6 is 0 Å². The standard InChI is InChI=1S/C29H31NO3/c1-7-25(23-14-10-8-11-15-23)29(32)33-30-27(24-16-12-9-13-17-24)28(31)26-21(5)19(3)18(2)20(4)22(26)6/h8-17,25H,7H2,1-6H3/b30-27+. The zero-order chi connectivity index (χ0) is 24.1. The van der Waals surface area contributed by atoms with Crippen LogP contribution in [0, 0.1) is 34.6 Å². The maximum Gasteiger partial charge on any atom is 0.342 e. The molecule has 0 N–H and O–H groups in total. The van der Waals surface area contributed by atoms with Crippen LogP contribution in [0.25, 0.3) is 0 Å². The zero-order valence-electron chi connectivity index (χ0n) is 20.2. The molecule has 0 amide bonds. The van der Waals surface area contributed by atoms with E-state index in [-0.39, 0.29) is 11.5 Å². The molecule has 0 saturated carbocycles. The highest BCUT2D eigenvalue weighted by Crippen LogP contribution is 2.28. The first-order valence-electron chi connectivity index (χ1n) is 11.3. The Morgan fingerprint density at radius 1 is 0.758 bits per heavy atom. The molecule has 0 aliphatic rings. The van der Waals surface area contributed by atoms with E-state index in [2.05, 4.69) is 12.1 Å². The third-order valence-electron chi connectivity index (χ3n) is 6.61.